The number of ether oxygens (including phenoxy) is 1. The Morgan fingerprint density at radius 2 is 2.06 bits per heavy atom. The lowest BCUT2D eigenvalue weighted by Gasteiger charge is -2.15. The second-order valence-electron chi connectivity index (χ2n) is 4.27. The van der Waals surface area contributed by atoms with Gasteiger partial charge >= 0.3 is 0 Å². The van der Waals surface area contributed by atoms with Crippen molar-refractivity contribution in [2.45, 2.75) is 39.7 Å². The fraction of sp³-hybridized carbons (Fsp3) is 0.538. The topological polar surface area (TPSA) is 35.2 Å². The summed E-state index contributed by atoms with van der Waals surface area (Å²) in [6.07, 6.45) is 2.05. The zero-order valence-corrected chi connectivity index (χ0v) is 11.0. The van der Waals surface area contributed by atoms with Crippen LogP contribution in [0.25, 0.3) is 0 Å². The van der Waals surface area contributed by atoms with Crippen molar-refractivity contribution >= 4 is 11.6 Å². The van der Waals surface area contributed by atoms with Crippen LogP contribution in [0.4, 0.5) is 0 Å². The van der Waals surface area contributed by atoms with E-state index < -0.39 is 0 Å². The maximum atomic E-state index is 6.11. The first-order valence-electron chi connectivity index (χ1n) is 5.70. The maximum absolute atomic E-state index is 6.11. The van der Waals surface area contributed by atoms with Gasteiger partial charge in [-0.15, -0.1) is 0 Å². The van der Waals surface area contributed by atoms with Gasteiger partial charge in [-0.2, -0.15) is 0 Å². The van der Waals surface area contributed by atoms with Crippen molar-refractivity contribution in [1.82, 2.24) is 0 Å². The monoisotopic (exact) mass is 241 g/mol. The van der Waals surface area contributed by atoms with Crippen molar-refractivity contribution in [2.75, 3.05) is 6.54 Å². The quantitative estimate of drug-likeness (QED) is 0.858. The molecule has 1 rings (SSSR count). The van der Waals surface area contributed by atoms with Gasteiger partial charge in [-0.25, -0.2) is 0 Å². The van der Waals surface area contributed by atoms with Crippen LogP contribution in [0.15, 0.2) is 12.1 Å². The molecule has 1 aromatic carbocycles. The summed E-state index contributed by atoms with van der Waals surface area (Å²) in [5, 5.41) is 0.795. The second kappa shape index (κ2) is 6.12. The van der Waals surface area contributed by atoms with Gasteiger partial charge in [0.1, 0.15) is 5.75 Å². The van der Waals surface area contributed by atoms with Gasteiger partial charge in [0.15, 0.2) is 0 Å². The van der Waals surface area contributed by atoms with Crippen LogP contribution in [0, 0.1) is 6.92 Å². The Morgan fingerprint density at radius 1 is 1.38 bits per heavy atom. The van der Waals surface area contributed by atoms with E-state index in [1.54, 1.807) is 0 Å². The Hall–Kier alpha value is -0.730. The summed E-state index contributed by atoms with van der Waals surface area (Å²) in [6, 6.07) is 4.00. The Bertz CT molecular complexity index is 350. The first kappa shape index (κ1) is 13.3. The summed E-state index contributed by atoms with van der Waals surface area (Å²) in [5.74, 6) is 0.936. The summed E-state index contributed by atoms with van der Waals surface area (Å²) in [6.45, 7) is 6.72. The molecule has 2 N–H and O–H groups in total. The fourth-order valence-electron chi connectivity index (χ4n) is 1.55. The average molecular weight is 242 g/mol. The van der Waals surface area contributed by atoms with Crippen molar-refractivity contribution in [3.8, 4) is 5.75 Å². The van der Waals surface area contributed by atoms with E-state index in [0.717, 1.165) is 34.7 Å². The zero-order chi connectivity index (χ0) is 12.1. The van der Waals surface area contributed by atoms with E-state index in [-0.39, 0.29) is 6.10 Å². The standard InChI is InChI=1S/C13H20ClNO/c1-9(2)16-13-7-10(3)12(14)8-11(13)5-4-6-15/h7-9H,4-6,15H2,1-3H3. The molecule has 1 aromatic rings. The van der Waals surface area contributed by atoms with Crippen molar-refractivity contribution < 1.29 is 4.74 Å². The Balaban J connectivity index is 2.96. The van der Waals surface area contributed by atoms with Gasteiger partial charge in [0.25, 0.3) is 0 Å². The van der Waals surface area contributed by atoms with Gasteiger partial charge in [0.2, 0.25) is 0 Å². The maximum Gasteiger partial charge on any atom is 0.123 e. The van der Waals surface area contributed by atoms with Crippen LogP contribution in [0.2, 0.25) is 5.02 Å². The third-order valence-corrected chi connectivity index (χ3v) is 2.76. The summed E-state index contributed by atoms with van der Waals surface area (Å²) in [4.78, 5) is 0. The van der Waals surface area contributed by atoms with Gasteiger partial charge in [-0.3, -0.25) is 0 Å². The molecule has 3 heteroatoms. The molecule has 90 valence electrons. The molecule has 0 saturated heterocycles. The van der Waals surface area contributed by atoms with Crippen LogP contribution < -0.4 is 10.5 Å². The lowest BCUT2D eigenvalue weighted by Crippen LogP contribution is -2.09. The predicted octanol–water partition coefficient (Wildman–Crippen LogP) is 3.33. The van der Waals surface area contributed by atoms with Gasteiger partial charge in [-0.05, 0) is 63.4 Å². The Labute approximate surface area is 103 Å². The highest BCUT2D eigenvalue weighted by Gasteiger charge is 2.08. The number of nitrogens with two attached hydrogens (primary N) is 1. The van der Waals surface area contributed by atoms with Gasteiger partial charge in [0, 0.05) is 5.02 Å². The number of hydrogen-bond acceptors (Lipinski definition) is 2. The van der Waals surface area contributed by atoms with Gasteiger partial charge in [0.05, 0.1) is 6.10 Å². The highest BCUT2D eigenvalue weighted by atomic mass is 35.5. The second-order valence-corrected chi connectivity index (χ2v) is 4.68. The molecule has 0 amide bonds. The van der Waals surface area contributed by atoms with E-state index >= 15 is 0 Å². The normalized spacial score (nSPS) is 10.9. The van der Waals surface area contributed by atoms with Crippen molar-refractivity contribution in [1.29, 1.82) is 0 Å². The smallest absolute Gasteiger partial charge is 0.123 e. The molecule has 0 atom stereocenters. The van der Waals surface area contributed by atoms with Crippen LogP contribution in [0.1, 0.15) is 31.4 Å². The van der Waals surface area contributed by atoms with Crippen LogP contribution in [0.5, 0.6) is 5.75 Å². The lowest BCUT2D eigenvalue weighted by atomic mass is 10.1. The van der Waals surface area contributed by atoms with E-state index in [4.69, 9.17) is 22.1 Å². The van der Waals surface area contributed by atoms with Crippen molar-refractivity contribution in [3.05, 3.63) is 28.3 Å². The molecule has 0 bridgehead atoms. The molecule has 0 fully saturated rings. The molecule has 0 saturated carbocycles. The van der Waals surface area contributed by atoms with Crippen molar-refractivity contribution in [3.63, 3.8) is 0 Å². The molecule has 0 spiro atoms. The highest BCUT2D eigenvalue weighted by molar-refractivity contribution is 6.31. The van der Waals surface area contributed by atoms with Crippen LogP contribution >= 0.6 is 11.6 Å². The minimum Gasteiger partial charge on any atom is -0.491 e. The first-order valence-corrected chi connectivity index (χ1v) is 6.08. The highest BCUT2D eigenvalue weighted by Crippen LogP contribution is 2.28. The summed E-state index contributed by atoms with van der Waals surface area (Å²) < 4.78 is 5.78. The average Bonchev–Trinajstić information content (AvgIpc) is 2.20. The molecule has 0 heterocycles. The molecular weight excluding hydrogens is 222 g/mol. The molecule has 0 aliphatic heterocycles. The Morgan fingerprint density at radius 3 is 2.62 bits per heavy atom. The molecule has 16 heavy (non-hydrogen) atoms. The molecule has 0 aliphatic carbocycles. The predicted molar refractivity (Wildman–Crippen MR) is 69.3 cm³/mol. The summed E-state index contributed by atoms with van der Waals surface area (Å²) >= 11 is 6.11. The van der Waals surface area contributed by atoms with Gasteiger partial charge < -0.3 is 10.5 Å². The molecule has 0 unspecified atom stereocenters. The van der Waals surface area contributed by atoms with Crippen LogP contribution in [-0.2, 0) is 6.42 Å². The van der Waals surface area contributed by atoms with E-state index in [9.17, 15) is 0 Å². The third kappa shape index (κ3) is 3.69. The molecule has 0 aromatic heterocycles. The fourth-order valence-corrected chi connectivity index (χ4v) is 1.73. The Kier molecular flexibility index (Phi) is 5.10. The summed E-state index contributed by atoms with van der Waals surface area (Å²) in [7, 11) is 0. The molecular formula is C13H20ClNO. The number of benzene rings is 1. The minimum atomic E-state index is 0.178. The first-order chi connectivity index (χ1) is 7.54. The SMILES string of the molecule is Cc1cc(OC(C)C)c(CCCN)cc1Cl. The largest absolute Gasteiger partial charge is 0.491 e. The molecule has 0 radical (unpaired) electrons. The number of aryl methyl sites for hydroxylation is 2. The minimum absolute atomic E-state index is 0.178. The van der Waals surface area contributed by atoms with E-state index in [0.29, 0.717) is 6.54 Å². The van der Waals surface area contributed by atoms with E-state index in [2.05, 4.69) is 0 Å². The zero-order valence-electron chi connectivity index (χ0n) is 10.2. The third-order valence-electron chi connectivity index (χ3n) is 2.35. The van der Waals surface area contributed by atoms with Crippen molar-refractivity contribution in [2.24, 2.45) is 5.73 Å². The number of rotatable bonds is 5. The molecule has 2 nitrogen and oxygen atoms in total. The van der Waals surface area contributed by atoms with E-state index in [1.807, 2.05) is 32.9 Å². The lowest BCUT2D eigenvalue weighted by molar-refractivity contribution is 0.239. The van der Waals surface area contributed by atoms with Crippen LogP contribution in [0.3, 0.4) is 0 Å². The summed E-state index contributed by atoms with van der Waals surface area (Å²) in [5.41, 5.74) is 7.72. The van der Waals surface area contributed by atoms with E-state index in [1.165, 1.54) is 0 Å². The molecule has 0 aliphatic rings. The van der Waals surface area contributed by atoms with Gasteiger partial charge in [-0.1, -0.05) is 11.6 Å². The number of hydrogen-bond donors (Lipinski definition) is 1. The van der Waals surface area contributed by atoms with Crippen LogP contribution in [-0.4, -0.2) is 12.6 Å². The number of halogens is 1.